The minimum Gasteiger partial charge on any atom is -0.388 e. The van der Waals surface area contributed by atoms with Crippen LogP contribution in [0.1, 0.15) is 42.7 Å². The fourth-order valence-corrected chi connectivity index (χ4v) is 3.53. The van der Waals surface area contributed by atoms with Gasteiger partial charge in [-0.25, -0.2) is 13.8 Å². The molecule has 2 saturated heterocycles. The van der Waals surface area contributed by atoms with Crippen LogP contribution in [0, 0.1) is 0 Å². The quantitative estimate of drug-likeness (QED) is 0.873. The van der Waals surface area contributed by atoms with Crippen LogP contribution in [0.4, 0.5) is 8.78 Å². The third-order valence-electron chi connectivity index (χ3n) is 5.01. The number of amides is 1. The van der Waals surface area contributed by atoms with Gasteiger partial charge in [0, 0.05) is 58.0 Å². The molecule has 1 amide bonds. The Morgan fingerprint density at radius 3 is 2.62 bits per heavy atom. The van der Waals surface area contributed by atoms with Gasteiger partial charge in [0.15, 0.2) is 5.82 Å². The zero-order chi connectivity index (χ0) is 17.2. The zero-order valence-corrected chi connectivity index (χ0v) is 13.7. The smallest absolute Gasteiger partial charge is 0.289 e. The van der Waals surface area contributed by atoms with E-state index < -0.39 is 11.5 Å². The number of H-pyrrole nitrogens is 1. The van der Waals surface area contributed by atoms with Crippen molar-refractivity contribution in [1.82, 2.24) is 19.8 Å². The fourth-order valence-electron chi connectivity index (χ4n) is 3.53. The van der Waals surface area contributed by atoms with E-state index in [4.69, 9.17) is 0 Å². The highest BCUT2D eigenvalue weighted by molar-refractivity contribution is 5.90. The first-order valence-electron chi connectivity index (χ1n) is 8.48. The Balaban J connectivity index is 1.55. The largest absolute Gasteiger partial charge is 0.388 e. The highest BCUT2D eigenvalue weighted by Crippen LogP contribution is 2.30. The average molecular weight is 342 g/mol. The minimum absolute atomic E-state index is 0.147. The molecule has 1 atom stereocenters. The molecule has 0 aromatic carbocycles. The van der Waals surface area contributed by atoms with E-state index in [9.17, 15) is 18.7 Å². The molecule has 2 fully saturated rings. The average Bonchev–Trinajstić information content (AvgIpc) is 3.00. The minimum atomic E-state index is -2.57. The molecule has 134 valence electrons. The lowest BCUT2D eigenvalue weighted by molar-refractivity contribution is -0.0768. The number of aromatic amines is 1. The molecule has 0 spiro atoms. The van der Waals surface area contributed by atoms with Crippen LogP contribution in [0.25, 0.3) is 0 Å². The Morgan fingerprint density at radius 2 is 1.96 bits per heavy atom. The van der Waals surface area contributed by atoms with Gasteiger partial charge in [0.25, 0.3) is 11.8 Å². The van der Waals surface area contributed by atoms with Gasteiger partial charge in [-0.15, -0.1) is 0 Å². The van der Waals surface area contributed by atoms with E-state index >= 15 is 0 Å². The molecule has 1 aromatic heterocycles. The molecule has 3 rings (SSSR count). The Bertz CT molecular complexity index is 556. The number of rotatable bonds is 3. The number of hydrogen-bond donors (Lipinski definition) is 2. The first-order valence-corrected chi connectivity index (χ1v) is 8.48. The normalized spacial score (nSPS) is 28.5. The molecule has 0 unspecified atom stereocenters. The summed E-state index contributed by atoms with van der Waals surface area (Å²) in [6.07, 6.45) is 4.56. The van der Waals surface area contributed by atoms with Gasteiger partial charge in [-0.2, -0.15) is 0 Å². The van der Waals surface area contributed by atoms with Crippen molar-refractivity contribution >= 4 is 5.91 Å². The Kier molecular flexibility index (Phi) is 4.87. The number of imidazole rings is 1. The van der Waals surface area contributed by atoms with Gasteiger partial charge in [-0.05, 0) is 19.3 Å². The molecular weight excluding hydrogens is 318 g/mol. The number of aliphatic hydroxyl groups is 1. The third-order valence-corrected chi connectivity index (χ3v) is 5.01. The van der Waals surface area contributed by atoms with Gasteiger partial charge in [0.2, 0.25) is 0 Å². The van der Waals surface area contributed by atoms with Gasteiger partial charge in [-0.3, -0.25) is 4.79 Å². The molecule has 2 aliphatic heterocycles. The maximum Gasteiger partial charge on any atom is 0.289 e. The number of aromatic nitrogens is 2. The number of alkyl halides is 2. The first kappa shape index (κ1) is 17.3. The van der Waals surface area contributed by atoms with Crippen LogP contribution < -0.4 is 0 Å². The van der Waals surface area contributed by atoms with Gasteiger partial charge in [-0.1, -0.05) is 0 Å². The number of piperidine rings is 1. The fraction of sp³-hybridized carbons (Fsp3) is 0.750. The molecule has 8 heteroatoms. The highest BCUT2D eigenvalue weighted by Gasteiger charge is 2.38. The maximum atomic E-state index is 13.2. The predicted octanol–water partition coefficient (Wildman–Crippen LogP) is 1.50. The summed E-state index contributed by atoms with van der Waals surface area (Å²) in [7, 11) is 0. The van der Waals surface area contributed by atoms with Crippen LogP contribution >= 0.6 is 0 Å². The molecule has 2 N–H and O–H groups in total. The van der Waals surface area contributed by atoms with Crippen molar-refractivity contribution in [2.24, 2.45) is 0 Å². The maximum absolute atomic E-state index is 13.2. The number of carbonyl (C=O) groups is 1. The van der Waals surface area contributed by atoms with E-state index in [0.717, 1.165) is 0 Å². The van der Waals surface area contributed by atoms with Crippen LogP contribution in [-0.4, -0.2) is 75.0 Å². The summed E-state index contributed by atoms with van der Waals surface area (Å²) in [5.41, 5.74) is -0.926. The van der Waals surface area contributed by atoms with Crippen LogP contribution in [0.15, 0.2) is 12.4 Å². The number of likely N-dealkylation sites (tertiary alicyclic amines) is 2. The third kappa shape index (κ3) is 4.10. The van der Waals surface area contributed by atoms with Gasteiger partial charge in [0.1, 0.15) is 0 Å². The van der Waals surface area contributed by atoms with Crippen molar-refractivity contribution in [2.75, 3.05) is 32.7 Å². The van der Waals surface area contributed by atoms with Crippen LogP contribution in [-0.2, 0) is 0 Å². The lowest BCUT2D eigenvalue weighted by atomic mass is 9.93. The number of hydrogen-bond acceptors (Lipinski definition) is 4. The predicted molar refractivity (Wildman–Crippen MR) is 83.9 cm³/mol. The summed E-state index contributed by atoms with van der Waals surface area (Å²) in [6.45, 7) is 2.03. The topological polar surface area (TPSA) is 72.5 Å². The summed E-state index contributed by atoms with van der Waals surface area (Å²) in [6, 6.07) is 0. The number of β-amino-alcohol motifs (C(OH)–C–C–N with tert-alkyl or cyclic N) is 1. The molecular formula is C16H24F2N4O2. The number of halogens is 2. The molecule has 1 aromatic rings. The zero-order valence-electron chi connectivity index (χ0n) is 13.7. The summed E-state index contributed by atoms with van der Waals surface area (Å²) in [5, 5.41) is 10.9. The van der Waals surface area contributed by atoms with E-state index in [0.29, 0.717) is 57.8 Å². The lowest BCUT2D eigenvalue weighted by Gasteiger charge is -2.37. The van der Waals surface area contributed by atoms with Crippen molar-refractivity contribution in [3.05, 3.63) is 18.2 Å². The SMILES string of the molecule is O=C(c1ncc[nH]1)N1CCC[C@](O)(CN2CCC(F)(F)CC2)CC1. The first-order chi connectivity index (χ1) is 11.4. The van der Waals surface area contributed by atoms with E-state index in [1.807, 2.05) is 4.90 Å². The van der Waals surface area contributed by atoms with E-state index in [-0.39, 0.29) is 18.7 Å². The molecule has 2 aliphatic rings. The molecule has 24 heavy (non-hydrogen) atoms. The van der Waals surface area contributed by atoms with Crippen molar-refractivity contribution in [1.29, 1.82) is 0 Å². The monoisotopic (exact) mass is 342 g/mol. The van der Waals surface area contributed by atoms with Gasteiger partial charge >= 0.3 is 0 Å². The standard InChI is InChI=1S/C16H24F2N4O2/c17-16(18)4-9-21(10-5-16)12-15(24)2-1-8-22(11-3-15)14(23)13-19-6-7-20-13/h6-7,24H,1-5,8-12H2,(H,19,20)/t15-/m1/s1. The molecule has 0 saturated carbocycles. The van der Waals surface area contributed by atoms with Crippen molar-refractivity contribution in [2.45, 2.75) is 43.6 Å². The Morgan fingerprint density at radius 1 is 1.21 bits per heavy atom. The molecule has 0 aliphatic carbocycles. The second-order valence-corrected chi connectivity index (χ2v) is 6.94. The van der Waals surface area contributed by atoms with Crippen LogP contribution in [0.2, 0.25) is 0 Å². The van der Waals surface area contributed by atoms with Crippen molar-refractivity contribution in [3.8, 4) is 0 Å². The summed E-state index contributed by atoms with van der Waals surface area (Å²) in [5.74, 6) is -2.44. The number of nitrogens with zero attached hydrogens (tertiary/aromatic N) is 3. The second-order valence-electron chi connectivity index (χ2n) is 6.94. The van der Waals surface area contributed by atoms with Gasteiger partial charge in [0.05, 0.1) is 5.60 Å². The van der Waals surface area contributed by atoms with Crippen molar-refractivity contribution < 1.29 is 18.7 Å². The van der Waals surface area contributed by atoms with E-state index in [2.05, 4.69) is 9.97 Å². The summed E-state index contributed by atoms with van der Waals surface area (Å²) >= 11 is 0. The number of carbonyl (C=O) groups excluding carboxylic acids is 1. The lowest BCUT2D eigenvalue weighted by Crippen LogP contribution is -2.48. The van der Waals surface area contributed by atoms with Gasteiger partial charge < -0.3 is 19.9 Å². The molecule has 6 nitrogen and oxygen atoms in total. The molecule has 3 heterocycles. The molecule has 0 radical (unpaired) electrons. The molecule has 0 bridgehead atoms. The van der Waals surface area contributed by atoms with Crippen LogP contribution in [0.3, 0.4) is 0 Å². The van der Waals surface area contributed by atoms with Crippen molar-refractivity contribution in [3.63, 3.8) is 0 Å². The highest BCUT2D eigenvalue weighted by atomic mass is 19.3. The summed E-state index contributed by atoms with van der Waals surface area (Å²) in [4.78, 5) is 22.7. The van der Waals surface area contributed by atoms with Crippen LogP contribution in [0.5, 0.6) is 0 Å². The van der Waals surface area contributed by atoms with E-state index in [1.165, 1.54) is 6.20 Å². The second kappa shape index (κ2) is 6.76. The summed E-state index contributed by atoms with van der Waals surface area (Å²) < 4.78 is 26.5. The number of nitrogens with one attached hydrogen (secondary N) is 1. The van der Waals surface area contributed by atoms with E-state index in [1.54, 1.807) is 11.1 Å². The Hall–Kier alpha value is -1.54. The Labute approximate surface area is 139 Å².